The standard InChI is InChI=1S/C50H88N14O11/c1-10-12-17-33(44(70)55-27-40(66)63-23-15-20-38(63)47(73)61-36(41(51)67)25-28(3)4)59-43(69)31(8)56-42(68)30(7)57-46(72)37(26-29(5)6)62-45(71)34(18-13-11-2)60-48(74)39-21-16-24-64(39)49(75)35(58-32(9)65)19-14-22-54-50(52)53/h28-31,33-39H,10-27H2,1-9H3,(H2,51,67)(H,55,70)(H,56,68)(H,57,72)(H,58,65)(H,59,69)(H,60,74)(H,61,73)(H,62,71)(H4,52,53,54)/t30-,31-,33-,34-,35-,36-,37-,38-,39-/m0/s1. The smallest absolute Gasteiger partial charge is 0.245 e. The van der Waals surface area contributed by atoms with Gasteiger partial charge in [0.2, 0.25) is 65.0 Å². The second-order valence-electron chi connectivity index (χ2n) is 20.5. The summed E-state index contributed by atoms with van der Waals surface area (Å²) in [5, 5.41) is 21.3. The van der Waals surface area contributed by atoms with Crippen LogP contribution in [-0.2, 0) is 52.7 Å². The van der Waals surface area contributed by atoms with Gasteiger partial charge in [-0.2, -0.15) is 0 Å². The molecule has 0 aromatic heterocycles. The molecule has 2 saturated heterocycles. The third kappa shape index (κ3) is 22.4. The van der Waals surface area contributed by atoms with Crippen molar-refractivity contribution < 1.29 is 52.7 Å². The van der Waals surface area contributed by atoms with E-state index in [1.165, 1.54) is 30.6 Å². The molecule has 75 heavy (non-hydrogen) atoms. The van der Waals surface area contributed by atoms with Gasteiger partial charge in [-0.15, -0.1) is 0 Å². The van der Waals surface area contributed by atoms with Crippen molar-refractivity contribution in [3.05, 3.63) is 0 Å². The van der Waals surface area contributed by atoms with E-state index in [1.807, 2.05) is 41.5 Å². The Morgan fingerprint density at radius 2 is 0.987 bits per heavy atom. The fourth-order valence-electron chi connectivity index (χ4n) is 8.90. The molecular weight excluding hydrogens is 973 g/mol. The Bertz CT molecular complexity index is 2010. The van der Waals surface area contributed by atoms with E-state index in [9.17, 15) is 52.7 Å². The lowest BCUT2D eigenvalue weighted by Crippen LogP contribution is -2.59. The zero-order chi connectivity index (χ0) is 56.5. The molecular formula is C50H88N14O11. The zero-order valence-corrected chi connectivity index (χ0v) is 45.6. The highest BCUT2D eigenvalue weighted by molar-refractivity contribution is 5.98. The molecule has 0 bridgehead atoms. The summed E-state index contributed by atoms with van der Waals surface area (Å²) < 4.78 is 0. The maximum absolute atomic E-state index is 14.0. The molecule has 0 aliphatic carbocycles. The van der Waals surface area contributed by atoms with Gasteiger partial charge in [-0.3, -0.25) is 57.7 Å². The van der Waals surface area contributed by atoms with Crippen LogP contribution in [0.2, 0.25) is 0 Å². The Balaban J connectivity index is 2.09. The van der Waals surface area contributed by atoms with Gasteiger partial charge in [0.1, 0.15) is 54.4 Å². The van der Waals surface area contributed by atoms with Crippen LogP contribution in [0.15, 0.2) is 4.99 Å². The average molecular weight is 1060 g/mol. The number of unbranched alkanes of at least 4 members (excludes halogenated alkanes) is 2. The first-order valence-electron chi connectivity index (χ1n) is 26.6. The molecule has 2 aliphatic heterocycles. The normalized spacial score (nSPS) is 18.0. The SMILES string of the molecule is CCCC[C@H](NC(=O)[C@H](C)NC(=O)[C@H](C)NC(=O)[C@H](CC(C)C)NC(=O)[C@H](CCCC)NC(=O)[C@@H]1CCCN1C(=O)[C@H](CCCN=C(N)N)NC(C)=O)C(=O)NCC(=O)N1CCC[C@H]1C(=O)N[C@@H](CC(C)C)C(N)=O. The monoisotopic (exact) mass is 1060 g/mol. The summed E-state index contributed by atoms with van der Waals surface area (Å²) in [4.78, 5) is 153. The Hall–Kier alpha value is -6.56. The van der Waals surface area contributed by atoms with E-state index in [0.717, 1.165) is 0 Å². The van der Waals surface area contributed by atoms with E-state index >= 15 is 0 Å². The van der Waals surface area contributed by atoms with Crippen LogP contribution in [0.3, 0.4) is 0 Å². The van der Waals surface area contributed by atoms with Crippen molar-refractivity contribution in [3.63, 3.8) is 0 Å². The van der Waals surface area contributed by atoms with Crippen LogP contribution in [0.25, 0.3) is 0 Å². The number of rotatable bonds is 32. The van der Waals surface area contributed by atoms with Crippen LogP contribution in [0, 0.1) is 11.8 Å². The lowest BCUT2D eigenvalue weighted by atomic mass is 10.0. The Labute approximate surface area is 441 Å². The number of nitrogens with one attached hydrogen (secondary N) is 8. The summed E-state index contributed by atoms with van der Waals surface area (Å²) in [5.41, 5.74) is 16.3. The van der Waals surface area contributed by atoms with Gasteiger partial charge in [0, 0.05) is 26.6 Å². The number of nitrogens with zero attached hydrogens (tertiary/aromatic N) is 3. The molecule has 0 aromatic carbocycles. The molecule has 0 aromatic rings. The highest BCUT2D eigenvalue weighted by atomic mass is 16.2. The van der Waals surface area contributed by atoms with Gasteiger partial charge in [-0.25, -0.2) is 0 Å². The summed E-state index contributed by atoms with van der Waals surface area (Å²) >= 11 is 0. The molecule has 25 nitrogen and oxygen atoms in total. The summed E-state index contributed by atoms with van der Waals surface area (Å²) in [6, 6.07) is -9.31. The predicted molar refractivity (Wildman–Crippen MR) is 280 cm³/mol. The van der Waals surface area contributed by atoms with E-state index < -0.39 is 126 Å². The lowest BCUT2D eigenvalue weighted by Gasteiger charge is -2.30. The van der Waals surface area contributed by atoms with Gasteiger partial charge in [-0.1, -0.05) is 67.2 Å². The van der Waals surface area contributed by atoms with Crippen LogP contribution < -0.4 is 59.7 Å². The van der Waals surface area contributed by atoms with Gasteiger partial charge >= 0.3 is 0 Å². The third-order valence-corrected chi connectivity index (χ3v) is 12.9. The molecule has 2 fully saturated rings. The largest absolute Gasteiger partial charge is 0.370 e. The van der Waals surface area contributed by atoms with Gasteiger partial charge < -0.3 is 69.5 Å². The third-order valence-electron chi connectivity index (χ3n) is 12.9. The molecule has 9 atom stereocenters. The summed E-state index contributed by atoms with van der Waals surface area (Å²) in [5.74, 6) is -6.75. The highest BCUT2D eigenvalue weighted by Gasteiger charge is 2.40. The lowest BCUT2D eigenvalue weighted by molar-refractivity contribution is -0.142. The van der Waals surface area contributed by atoms with Gasteiger partial charge in [0.25, 0.3) is 0 Å². The minimum Gasteiger partial charge on any atom is -0.370 e. The maximum Gasteiger partial charge on any atom is 0.245 e. The van der Waals surface area contributed by atoms with E-state index in [0.29, 0.717) is 64.2 Å². The Morgan fingerprint density at radius 3 is 1.51 bits per heavy atom. The van der Waals surface area contributed by atoms with Crippen LogP contribution in [0.4, 0.5) is 0 Å². The number of aliphatic imine (C=N–C) groups is 1. The molecule has 2 aliphatic rings. The number of primary amides is 1. The highest BCUT2D eigenvalue weighted by Crippen LogP contribution is 2.21. The Kier molecular flexibility index (Phi) is 28.1. The molecule has 424 valence electrons. The second kappa shape index (κ2) is 32.7. The van der Waals surface area contributed by atoms with Gasteiger partial charge in [0.05, 0.1) is 6.54 Å². The summed E-state index contributed by atoms with van der Waals surface area (Å²) in [7, 11) is 0. The Morgan fingerprint density at radius 1 is 0.533 bits per heavy atom. The maximum atomic E-state index is 14.0. The number of hydrogen-bond acceptors (Lipinski definition) is 12. The minimum atomic E-state index is -1.20. The molecule has 25 heteroatoms. The van der Waals surface area contributed by atoms with Crippen molar-refractivity contribution in [2.24, 2.45) is 34.0 Å². The average Bonchev–Trinajstić information content (AvgIpc) is 4.04. The number of carbonyl (C=O) groups is 11. The van der Waals surface area contributed by atoms with Crippen molar-refractivity contribution in [1.82, 2.24) is 52.3 Å². The second-order valence-corrected chi connectivity index (χ2v) is 20.5. The molecule has 11 amide bonds. The number of likely N-dealkylation sites (tertiary alicyclic amines) is 2. The molecule has 0 radical (unpaired) electrons. The number of amides is 11. The van der Waals surface area contributed by atoms with Crippen LogP contribution in [0.1, 0.15) is 152 Å². The number of hydrogen-bond donors (Lipinski definition) is 11. The van der Waals surface area contributed by atoms with Crippen molar-refractivity contribution in [2.45, 2.75) is 207 Å². The zero-order valence-electron chi connectivity index (χ0n) is 45.6. The van der Waals surface area contributed by atoms with Crippen molar-refractivity contribution in [3.8, 4) is 0 Å². The fraction of sp³-hybridized carbons (Fsp3) is 0.760. The fourth-order valence-corrected chi connectivity index (χ4v) is 8.90. The summed E-state index contributed by atoms with van der Waals surface area (Å²) in [6.07, 6.45) is 5.69. The van der Waals surface area contributed by atoms with E-state index in [2.05, 4.69) is 47.5 Å². The minimum absolute atomic E-state index is 0.0747. The van der Waals surface area contributed by atoms with E-state index in [-0.39, 0.29) is 63.1 Å². The molecule has 0 unspecified atom stereocenters. The molecule has 2 rings (SSSR count). The summed E-state index contributed by atoms with van der Waals surface area (Å²) in [6.45, 7) is 15.6. The van der Waals surface area contributed by atoms with Crippen LogP contribution >= 0.6 is 0 Å². The van der Waals surface area contributed by atoms with E-state index in [4.69, 9.17) is 17.2 Å². The number of nitrogens with two attached hydrogens (primary N) is 3. The van der Waals surface area contributed by atoms with Crippen LogP contribution in [0.5, 0.6) is 0 Å². The first-order chi connectivity index (χ1) is 35.3. The van der Waals surface area contributed by atoms with Gasteiger partial charge in [0.15, 0.2) is 5.96 Å². The first-order valence-corrected chi connectivity index (χ1v) is 26.6. The molecule has 0 spiro atoms. The molecule has 0 saturated carbocycles. The molecule has 2 heterocycles. The topological polar surface area (TPSA) is 381 Å². The van der Waals surface area contributed by atoms with Crippen LogP contribution in [-0.4, -0.2) is 161 Å². The molecule has 14 N–H and O–H groups in total. The predicted octanol–water partition coefficient (Wildman–Crippen LogP) is -1.45. The number of guanidine groups is 1. The number of carbonyl (C=O) groups excluding carboxylic acids is 11. The van der Waals surface area contributed by atoms with Crippen molar-refractivity contribution in [2.75, 3.05) is 26.2 Å². The van der Waals surface area contributed by atoms with E-state index in [1.54, 1.807) is 0 Å². The van der Waals surface area contributed by atoms with Crippen molar-refractivity contribution >= 4 is 70.9 Å². The quantitative estimate of drug-likeness (QED) is 0.0209. The first kappa shape index (κ1) is 64.6. The van der Waals surface area contributed by atoms with Gasteiger partial charge in [-0.05, 0) is 89.9 Å². The van der Waals surface area contributed by atoms with Crippen molar-refractivity contribution in [1.29, 1.82) is 0 Å².